The fraction of sp³-hybridized carbons (Fsp3) is 0.636. The van der Waals surface area contributed by atoms with Gasteiger partial charge in [0.15, 0.2) is 0 Å². The van der Waals surface area contributed by atoms with Gasteiger partial charge in [0.05, 0.1) is 7.11 Å². The van der Waals surface area contributed by atoms with Crippen LogP contribution < -0.4 is 15.4 Å². The van der Waals surface area contributed by atoms with Gasteiger partial charge in [-0.05, 0) is 56.2 Å². The molecule has 27 heavy (non-hydrogen) atoms. The minimum atomic E-state index is 0.0412. The Morgan fingerprint density at radius 1 is 1.00 bits per heavy atom. The predicted molar refractivity (Wildman–Crippen MR) is 108 cm³/mol. The standard InChI is InChI=1S/C22H34N2O3/c1-3-4-5-14-23-21(25)18-9-11-19(12-10-18)22(26)24-15-13-17-7-6-8-20(16-17)27-2/h6-8,16,18-19H,3-5,9-15H2,1-2H3,(H,23,25)(H,24,26). The Morgan fingerprint density at radius 3 is 2.22 bits per heavy atom. The summed E-state index contributed by atoms with van der Waals surface area (Å²) in [5, 5.41) is 6.09. The van der Waals surface area contributed by atoms with Crippen molar-refractivity contribution >= 4 is 11.8 Å². The fourth-order valence-electron chi connectivity index (χ4n) is 3.65. The van der Waals surface area contributed by atoms with E-state index in [0.717, 1.165) is 69.2 Å². The first-order chi connectivity index (χ1) is 13.1. The smallest absolute Gasteiger partial charge is 0.223 e. The molecule has 0 saturated heterocycles. The Labute approximate surface area is 163 Å². The van der Waals surface area contributed by atoms with Gasteiger partial charge in [-0.25, -0.2) is 0 Å². The Kier molecular flexibility index (Phi) is 9.16. The maximum absolute atomic E-state index is 12.4. The van der Waals surface area contributed by atoms with Crippen molar-refractivity contribution < 1.29 is 14.3 Å². The molecule has 1 fully saturated rings. The summed E-state index contributed by atoms with van der Waals surface area (Å²) in [6.45, 7) is 3.56. The zero-order valence-corrected chi connectivity index (χ0v) is 16.8. The van der Waals surface area contributed by atoms with Gasteiger partial charge < -0.3 is 15.4 Å². The molecule has 0 aliphatic heterocycles. The second-order valence-electron chi connectivity index (χ2n) is 7.44. The van der Waals surface area contributed by atoms with Gasteiger partial charge in [0.1, 0.15) is 5.75 Å². The van der Waals surface area contributed by atoms with E-state index in [-0.39, 0.29) is 23.7 Å². The maximum Gasteiger partial charge on any atom is 0.223 e. The van der Waals surface area contributed by atoms with Crippen LogP contribution in [0, 0.1) is 11.8 Å². The first-order valence-electron chi connectivity index (χ1n) is 10.3. The van der Waals surface area contributed by atoms with Crippen molar-refractivity contribution in [1.29, 1.82) is 0 Å². The van der Waals surface area contributed by atoms with E-state index in [4.69, 9.17) is 4.74 Å². The molecule has 0 heterocycles. The van der Waals surface area contributed by atoms with Crippen LogP contribution >= 0.6 is 0 Å². The highest BCUT2D eigenvalue weighted by Crippen LogP contribution is 2.29. The zero-order valence-electron chi connectivity index (χ0n) is 16.8. The summed E-state index contributed by atoms with van der Waals surface area (Å²) >= 11 is 0. The molecule has 0 bridgehead atoms. The Bertz CT molecular complexity index is 595. The number of amides is 2. The number of methoxy groups -OCH3 is 1. The molecule has 1 aromatic rings. The molecule has 2 N–H and O–H groups in total. The van der Waals surface area contributed by atoms with E-state index in [1.807, 2.05) is 24.3 Å². The highest BCUT2D eigenvalue weighted by molar-refractivity contribution is 5.81. The van der Waals surface area contributed by atoms with Gasteiger partial charge in [-0.15, -0.1) is 0 Å². The van der Waals surface area contributed by atoms with Crippen LogP contribution in [0.15, 0.2) is 24.3 Å². The molecule has 1 saturated carbocycles. The normalized spacial score (nSPS) is 19.3. The van der Waals surface area contributed by atoms with Crippen molar-refractivity contribution in [3.63, 3.8) is 0 Å². The van der Waals surface area contributed by atoms with Gasteiger partial charge in [0.2, 0.25) is 11.8 Å². The second-order valence-corrected chi connectivity index (χ2v) is 7.44. The summed E-state index contributed by atoms with van der Waals surface area (Å²) in [5.41, 5.74) is 1.15. The first kappa shape index (κ1) is 21.3. The molecule has 0 spiro atoms. The van der Waals surface area contributed by atoms with Gasteiger partial charge in [0.25, 0.3) is 0 Å². The lowest BCUT2D eigenvalue weighted by molar-refractivity contribution is -0.130. The lowest BCUT2D eigenvalue weighted by Gasteiger charge is -2.27. The number of carbonyl (C=O) groups excluding carboxylic acids is 2. The highest BCUT2D eigenvalue weighted by atomic mass is 16.5. The van der Waals surface area contributed by atoms with Crippen LogP contribution in [-0.4, -0.2) is 32.0 Å². The van der Waals surface area contributed by atoms with Gasteiger partial charge in [0, 0.05) is 24.9 Å². The van der Waals surface area contributed by atoms with E-state index in [9.17, 15) is 9.59 Å². The number of hydrogen-bond acceptors (Lipinski definition) is 3. The van der Waals surface area contributed by atoms with Gasteiger partial charge in [-0.1, -0.05) is 31.9 Å². The highest BCUT2D eigenvalue weighted by Gasteiger charge is 2.29. The third-order valence-electron chi connectivity index (χ3n) is 5.40. The van der Waals surface area contributed by atoms with Crippen LogP contribution in [0.25, 0.3) is 0 Å². The Morgan fingerprint density at radius 2 is 1.63 bits per heavy atom. The molecule has 1 aliphatic rings. The van der Waals surface area contributed by atoms with Crippen molar-refractivity contribution in [1.82, 2.24) is 10.6 Å². The molecule has 2 rings (SSSR count). The average Bonchev–Trinajstić information content (AvgIpc) is 2.71. The average molecular weight is 375 g/mol. The Hall–Kier alpha value is -2.04. The molecule has 150 valence electrons. The fourth-order valence-corrected chi connectivity index (χ4v) is 3.65. The summed E-state index contributed by atoms with van der Waals surface area (Å²) in [7, 11) is 1.66. The van der Waals surface area contributed by atoms with Crippen molar-refractivity contribution in [2.75, 3.05) is 20.2 Å². The number of hydrogen-bond donors (Lipinski definition) is 2. The molecule has 5 heteroatoms. The SMILES string of the molecule is CCCCCNC(=O)C1CCC(C(=O)NCCc2cccc(OC)c2)CC1. The number of unbranched alkanes of at least 4 members (excludes halogenated alkanes) is 2. The third-order valence-corrected chi connectivity index (χ3v) is 5.40. The van der Waals surface area contributed by atoms with Gasteiger partial charge >= 0.3 is 0 Å². The summed E-state index contributed by atoms with van der Waals surface area (Å²) < 4.78 is 5.22. The number of ether oxygens (including phenoxy) is 1. The molecule has 0 radical (unpaired) electrons. The van der Waals surface area contributed by atoms with E-state index in [1.54, 1.807) is 7.11 Å². The monoisotopic (exact) mass is 374 g/mol. The van der Waals surface area contributed by atoms with Gasteiger partial charge in [-0.3, -0.25) is 9.59 Å². The Balaban J connectivity index is 1.65. The van der Waals surface area contributed by atoms with Gasteiger partial charge in [-0.2, -0.15) is 0 Å². The predicted octanol–water partition coefficient (Wildman–Crippen LogP) is 3.47. The third kappa shape index (κ3) is 7.24. The molecule has 1 aliphatic carbocycles. The topological polar surface area (TPSA) is 67.4 Å². The zero-order chi connectivity index (χ0) is 19.5. The summed E-state index contributed by atoms with van der Waals surface area (Å²) in [4.78, 5) is 24.6. The minimum Gasteiger partial charge on any atom is -0.497 e. The molecule has 5 nitrogen and oxygen atoms in total. The van der Waals surface area contributed by atoms with Crippen LogP contribution in [0.3, 0.4) is 0 Å². The van der Waals surface area contributed by atoms with Crippen LogP contribution in [0.4, 0.5) is 0 Å². The van der Waals surface area contributed by atoms with E-state index in [1.165, 1.54) is 0 Å². The van der Waals surface area contributed by atoms with Crippen LogP contribution in [-0.2, 0) is 16.0 Å². The van der Waals surface area contributed by atoms with E-state index < -0.39 is 0 Å². The minimum absolute atomic E-state index is 0.0412. The van der Waals surface area contributed by atoms with E-state index >= 15 is 0 Å². The molecule has 1 aromatic carbocycles. The molecule has 0 atom stereocenters. The number of benzene rings is 1. The summed E-state index contributed by atoms with van der Waals surface area (Å²) in [6.07, 6.45) is 7.39. The van der Waals surface area contributed by atoms with Crippen LogP contribution in [0.2, 0.25) is 0 Å². The second kappa shape index (κ2) is 11.6. The maximum atomic E-state index is 12.4. The van der Waals surface area contributed by atoms with Crippen molar-refractivity contribution in [3.05, 3.63) is 29.8 Å². The quantitative estimate of drug-likeness (QED) is 0.616. The largest absolute Gasteiger partial charge is 0.497 e. The van der Waals surface area contributed by atoms with Crippen molar-refractivity contribution in [3.8, 4) is 5.75 Å². The molecule has 2 amide bonds. The molecular weight excluding hydrogens is 340 g/mol. The summed E-state index contributed by atoms with van der Waals surface area (Å²) in [5.74, 6) is 1.25. The lowest BCUT2D eigenvalue weighted by atomic mass is 9.81. The van der Waals surface area contributed by atoms with Crippen LogP contribution in [0.1, 0.15) is 57.4 Å². The lowest BCUT2D eigenvalue weighted by Crippen LogP contribution is -2.38. The van der Waals surface area contributed by atoms with E-state index in [2.05, 4.69) is 17.6 Å². The van der Waals surface area contributed by atoms with E-state index in [0.29, 0.717) is 6.54 Å². The number of nitrogens with one attached hydrogen (secondary N) is 2. The first-order valence-corrected chi connectivity index (χ1v) is 10.3. The number of carbonyl (C=O) groups is 2. The molecule has 0 unspecified atom stereocenters. The summed E-state index contributed by atoms with van der Waals surface area (Å²) in [6, 6.07) is 7.92. The molecular formula is C22H34N2O3. The van der Waals surface area contributed by atoms with Crippen molar-refractivity contribution in [2.45, 2.75) is 58.3 Å². The van der Waals surface area contributed by atoms with Crippen LogP contribution in [0.5, 0.6) is 5.75 Å². The number of rotatable bonds is 10. The van der Waals surface area contributed by atoms with Crippen molar-refractivity contribution in [2.24, 2.45) is 11.8 Å². The molecule has 0 aromatic heterocycles.